The van der Waals surface area contributed by atoms with Gasteiger partial charge in [0, 0.05) is 50.0 Å². The van der Waals surface area contributed by atoms with E-state index < -0.39 is 0 Å². The van der Waals surface area contributed by atoms with E-state index in [-0.39, 0.29) is 5.11 Å². The maximum Gasteiger partial charge on any atom is 0.229 e. The molecule has 0 spiro atoms. The van der Waals surface area contributed by atoms with Crippen LogP contribution in [0.15, 0.2) is 47.7 Å². The quantitative estimate of drug-likeness (QED) is 0.319. The Morgan fingerprint density at radius 3 is 2.29 bits per heavy atom. The SMILES string of the molecule is Cc1ccc(NC(=S)/N=C(/Nc2nc(C)cc(C)n2)N2CCN(c3ncccn3)CC2)c(Cl)c1. The first-order valence-corrected chi connectivity index (χ1v) is 11.7. The Kier molecular flexibility index (Phi) is 7.49. The van der Waals surface area contributed by atoms with Crippen LogP contribution >= 0.6 is 23.8 Å². The van der Waals surface area contributed by atoms with Crippen molar-refractivity contribution in [3.63, 3.8) is 0 Å². The number of hydrogen-bond donors (Lipinski definition) is 2. The molecule has 1 aliphatic rings. The molecule has 4 rings (SSSR count). The molecule has 1 saturated heterocycles. The van der Waals surface area contributed by atoms with E-state index in [1.807, 2.05) is 51.1 Å². The van der Waals surface area contributed by atoms with Crippen molar-refractivity contribution >= 4 is 52.5 Å². The summed E-state index contributed by atoms with van der Waals surface area (Å²) < 4.78 is 0. The second-order valence-corrected chi connectivity index (χ2v) is 8.76. The molecular weight excluding hydrogens is 470 g/mol. The third kappa shape index (κ3) is 6.15. The highest BCUT2D eigenvalue weighted by Gasteiger charge is 2.22. The van der Waals surface area contributed by atoms with Gasteiger partial charge in [-0.05, 0) is 62.8 Å². The molecule has 1 fully saturated rings. The number of guanidine groups is 1. The number of nitrogens with zero attached hydrogens (tertiary/aromatic N) is 7. The number of rotatable bonds is 3. The van der Waals surface area contributed by atoms with Crippen molar-refractivity contribution in [2.75, 3.05) is 41.7 Å². The summed E-state index contributed by atoms with van der Waals surface area (Å²) in [6, 6.07) is 9.47. The van der Waals surface area contributed by atoms with Crippen LogP contribution in [0.5, 0.6) is 0 Å². The van der Waals surface area contributed by atoms with E-state index >= 15 is 0 Å². The Labute approximate surface area is 209 Å². The molecule has 0 saturated carbocycles. The zero-order chi connectivity index (χ0) is 24.1. The van der Waals surface area contributed by atoms with Crippen LogP contribution in [0.2, 0.25) is 5.02 Å². The molecular formula is C23H26ClN9S. The Balaban J connectivity index is 1.54. The van der Waals surface area contributed by atoms with E-state index in [1.165, 1.54) is 0 Å². The van der Waals surface area contributed by atoms with Gasteiger partial charge >= 0.3 is 0 Å². The molecule has 2 N–H and O–H groups in total. The molecule has 1 aliphatic heterocycles. The molecule has 0 radical (unpaired) electrons. The maximum absolute atomic E-state index is 6.36. The highest BCUT2D eigenvalue weighted by atomic mass is 35.5. The van der Waals surface area contributed by atoms with Gasteiger partial charge in [-0.1, -0.05) is 17.7 Å². The van der Waals surface area contributed by atoms with Crippen molar-refractivity contribution < 1.29 is 0 Å². The molecule has 2 aromatic heterocycles. The minimum absolute atomic E-state index is 0.284. The minimum atomic E-state index is 0.284. The lowest BCUT2D eigenvalue weighted by Crippen LogP contribution is -2.51. The fourth-order valence-corrected chi connectivity index (χ4v) is 4.07. The predicted molar refractivity (Wildman–Crippen MR) is 141 cm³/mol. The molecule has 0 unspecified atom stereocenters. The predicted octanol–water partition coefficient (Wildman–Crippen LogP) is 3.83. The molecule has 11 heteroatoms. The lowest BCUT2D eigenvalue weighted by atomic mass is 10.2. The van der Waals surface area contributed by atoms with E-state index in [0.29, 0.717) is 35.7 Å². The van der Waals surface area contributed by atoms with Gasteiger partial charge in [-0.2, -0.15) is 4.99 Å². The summed E-state index contributed by atoms with van der Waals surface area (Å²) in [5.41, 5.74) is 3.51. The van der Waals surface area contributed by atoms with Crippen LogP contribution in [0, 0.1) is 20.8 Å². The number of nitrogens with one attached hydrogen (secondary N) is 2. The molecule has 0 aliphatic carbocycles. The number of halogens is 1. The van der Waals surface area contributed by atoms with Crippen LogP contribution in [0.3, 0.4) is 0 Å². The zero-order valence-corrected chi connectivity index (χ0v) is 20.9. The Hall–Kier alpha value is -3.37. The molecule has 34 heavy (non-hydrogen) atoms. The number of piperazine rings is 1. The second kappa shape index (κ2) is 10.7. The van der Waals surface area contributed by atoms with Gasteiger partial charge in [0.1, 0.15) is 0 Å². The van der Waals surface area contributed by atoms with Crippen molar-refractivity contribution in [1.82, 2.24) is 24.8 Å². The molecule has 176 valence electrons. The average molecular weight is 496 g/mol. The number of aryl methyl sites for hydroxylation is 3. The molecule has 0 bridgehead atoms. The molecule has 0 atom stereocenters. The number of aliphatic imine (C=N–C) groups is 1. The van der Waals surface area contributed by atoms with Gasteiger partial charge in [0.15, 0.2) is 0 Å². The Morgan fingerprint density at radius 2 is 1.65 bits per heavy atom. The summed E-state index contributed by atoms with van der Waals surface area (Å²) in [5.74, 6) is 1.76. The monoisotopic (exact) mass is 495 g/mol. The van der Waals surface area contributed by atoms with Crippen molar-refractivity contribution in [3.8, 4) is 0 Å². The van der Waals surface area contributed by atoms with Crippen LogP contribution in [-0.4, -0.2) is 62.1 Å². The summed E-state index contributed by atoms with van der Waals surface area (Å²) in [6.07, 6.45) is 3.50. The minimum Gasteiger partial charge on any atom is -0.339 e. The van der Waals surface area contributed by atoms with Crippen LogP contribution in [-0.2, 0) is 0 Å². The van der Waals surface area contributed by atoms with Gasteiger partial charge in [-0.15, -0.1) is 0 Å². The highest BCUT2D eigenvalue weighted by molar-refractivity contribution is 7.80. The number of benzene rings is 1. The van der Waals surface area contributed by atoms with Crippen LogP contribution < -0.4 is 15.5 Å². The fourth-order valence-electron chi connectivity index (χ4n) is 3.59. The van der Waals surface area contributed by atoms with Crippen LogP contribution in [0.25, 0.3) is 0 Å². The average Bonchev–Trinajstić information content (AvgIpc) is 2.80. The molecule has 9 nitrogen and oxygen atoms in total. The van der Waals surface area contributed by atoms with Gasteiger partial charge in [0.05, 0.1) is 10.7 Å². The lowest BCUT2D eigenvalue weighted by molar-refractivity contribution is 0.382. The summed E-state index contributed by atoms with van der Waals surface area (Å²) in [4.78, 5) is 26.6. The Bertz CT molecular complexity index is 1170. The van der Waals surface area contributed by atoms with Crippen molar-refractivity contribution in [3.05, 3.63) is 64.7 Å². The van der Waals surface area contributed by atoms with Gasteiger partial charge in [0.2, 0.25) is 23.0 Å². The van der Waals surface area contributed by atoms with E-state index in [0.717, 1.165) is 36.0 Å². The molecule has 3 aromatic rings. The number of thiocarbonyl (C=S) groups is 1. The van der Waals surface area contributed by atoms with Crippen molar-refractivity contribution in [2.24, 2.45) is 4.99 Å². The van der Waals surface area contributed by atoms with E-state index in [1.54, 1.807) is 12.4 Å². The first-order valence-electron chi connectivity index (χ1n) is 10.9. The van der Waals surface area contributed by atoms with Crippen LogP contribution in [0.1, 0.15) is 17.0 Å². The molecule has 1 aromatic carbocycles. The standard InChI is InChI=1S/C23H26ClN9S/c1-15-5-6-19(18(24)13-15)29-23(34)31-22(30-20-27-16(2)14-17(3)28-20)33-11-9-32(10-12-33)21-25-7-4-8-26-21/h4-8,13-14H,9-12H2,1-3H3,(H2,27,28,29,30,31,34). The fraction of sp³-hybridized carbons (Fsp3) is 0.304. The van der Waals surface area contributed by atoms with E-state index in [2.05, 4.69) is 45.4 Å². The second-order valence-electron chi connectivity index (χ2n) is 7.97. The summed E-state index contributed by atoms with van der Waals surface area (Å²) in [6.45, 7) is 8.72. The number of hydrogen-bond acceptors (Lipinski definition) is 6. The number of anilines is 3. The summed E-state index contributed by atoms with van der Waals surface area (Å²) in [5, 5.41) is 7.26. The van der Waals surface area contributed by atoms with E-state index in [9.17, 15) is 0 Å². The lowest BCUT2D eigenvalue weighted by Gasteiger charge is -2.36. The largest absolute Gasteiger partial charge is 0.339 e. The third-order valence-electron chi connectivity index (χ3n) is 5.19. The third-order valence-corrected chi connectivity index (χ3v) is 5.70. The molecule has 3 heterocycles. The maximum atomic E-state index is 6.36. The van der Waals surface area contributed by atoms with Crippen molar-refractivity contribution in [1.29, 1.82) is 0 Å². The number of aromatic nitrogens is 4. The first-order chi connectivity index (χ1) is 16.4. The van der Waals surface area contributed by atoms with Crippen LogP contribution in [0.4, 0.5) is 17.6 Å². The summed E-state index contributed by atoms with van der Waals surface area (Å²) >= 11 is 11.9. The van der Waals surface area contributed by atoms with Crippen molar-refractivity contribution in [2.45, 2.75) is 20.8 Å². The normalized spacial score (nSPS) is 14.2. The van der Waals surface area contributed by atoms with Gasteiger partial charge in [-0.3, -0.25) is 5.32 Å². The highest BCUT2D eigenvalue weighted by Crippen LogP contribution is 2.23. The Morgan fingerprint density at radius 1 is 0.971 bits per heavy atom. The topological polar surface area (TPSA) is 94.5 Å². The summed E-state index contributed by atoms with van der Waals surface area (Å²) in [7, 11) is 0. The molecule has 0 amide bonds. The van der Waals surface area contributed by atoms with Gasteiger partial charge in [-0.25, -0.2) is 19.9 Å². The van der Waals surface area contributed by atoms with E-state index in [4.69, 9.17) is 23.8 Å². The first kappa shape index (κ1) is 23.8. The smallest absolute Gasteiger partial charge is 0.229 e. The van der Waals surface area contributed by atoms with Gasteiger partial charge in [0.25, 0.3) is 0 Å². The van der Waals surface area contributed by atoms with Gasteiger partial charge < -0.3 is 15.1 Å². The zero-order valence-electron chi connectivity index (χ0n) is 19.3.